The van der Waals surface area contributed by atoms with Crippen LogP contribution in [0.2, 0.25) is 0 Å². The Morgan fingerprint density at radius 3 is 1.85 bits per heavy atom. The molecular formula is C12H17IO7. The van der Waals surface area contributed by atoms with Crippen LogP contribution in [0.5, 0.6) is 0 Å². The molecule has 0 amide bonds. The van der Waals surface area contributed by atoms with Gasteiger partial charge in [0.15, 0.2) is 12.2 Å². The third kappa shape index (κ3) is 4.58. The van der Waals surface area contributed by atoms with Crippen LogP contribution in [0, 0.1) is 0 Å². The maximum absolute atomic E-state index is 11.2. The van der Waals surface area contributed by atoms with E-state index < -0.39 is 42.3 Å². The Kier molecular flexibility index (Phi) is 6.18. The van der Waals surface area contributed by atoms with E-state index in [1.165, 1.54) is 20.8 Å². The number of aliphatic hydroxyl groups is 1. The molecule has 0 aromatic rings. The summed E-state index contributed by atoms with van der Waals surface area (Å²) in [5.41, 5.74) is 0. The zero-order valence-electron chi connectivity index (χ0n) is 11.4. The van der Waals surface area contributed by atoms with Gasteiger partial charge in [0.1, 0.15) is 12.2 Å². The fraction of sp³-hybridized carbons (Fsp3) is 0.750. The first-order valence-electron chi connectivity index (χ1n) is 6.06. The highest BCUT2D eigenvalue weighted by Gasteiger charge is 2.48. The van der Waals surface area contributed by atoms with Crippen LogP contribution < -0.4 is 0 Å². The molecule has 8 heteroatoms. The maximum atomic E-state index is 11.2. The van der Waals surface area contributed by atoms with Crippen LogP contribution in [0.4, 0.5) is 0 Å². The van der Waals surface area contributed by atoms with Crippen molar-refractivity contribution in [3.8, 4) is 0 Å². The highest BCUT2D eigenvalue weighted by atomic mass is 127. The third-order valence-corrected chi connectivity index (χ3v) is 4.02. The summed E-state index contributed by atoms with van der Waals surface area (Å²) in [5.74, 6) is -1.75. The summed E-state index contributed by atoms with van der Waals surface area (Å²) in [4.78, 5) is 33.4. The Hall–Kier alpha value is -0.900. The van der Waals surface area contributed by atoms with Gasteiger partial charge in [0.2, 0.25) is 0 Å². The van der Waals surface area contributed by atoms with Gasteiger partial charge in [-0.3, -0.25) is 14.4 Å². The molecular weight excluding hydrogens is 383 g/mol. The second-order valence-corrected chi connectivity index (χ2v) is 6.14. The number of hydrogen-bond donors (Lipinski definition) is 1. The average Bonchev–Trinajstić information content (AvgIpc) is 2.28. The Morgan fingerprint density at radius 2 is 1.40 bits per heavy atom. The predicted molar refractivity (Wildman–Crippen MR) is 75.1 cm³/mol. The minimum atomic E-state index is -1.06. The van der Waals surface area contributed by atoms with Gasteiger partial charge in [-0.2, -0.15) is 0 Å². The average molecular weight is 400 g/mol. The van der Waals surface area contributed by atoms with E-state index in [0.717, 1.165) is 0 Å². The molecule has 1 aliphatic carbocycles. The topological polar surface area (TPSA) is 99.1 Å². The van der Waals surface area contributed by atoms with E-state index in [0.29, 0.717) is 6.42 Å². The number of carbonyl (C=O) groups is 3. The van der Waals surface area contributed by atoms with Crippen LogP contribution in [0.3, 0.4) is 0 Å². The molecule has 0 saturated heterocycles. The molecule has 0 heterocycles. The molecule has 0 bridgehead atoms. The Morgan fingerprint density at radius 1 is 0.950 bits per heavy atom. The third-order valence-electron chi connectivity index (χ3n) is 2.78. The Labute approximate surface area is 130 Å². The van der Waals surface area contributed by atoms with Gasteiger partial charge in [-0.25, -0.2) is 0 Å². The van der Waals surface area contributed by atoms with E-state index in [9.17, 15) is 19.5 Å². The zero-order chi connectivity index (χ0) is 15.4. The molecule has 0 spiro atoms. The van der Waals surface area contributed by atoms with Crippen LogP contribution in [0.1, 0.15) is 27.2 Å². The lowest BCUT2D eigenvalue weighted by Crippen LogP contribution is -2.58. The first kappa shape index (κ1) is 17.2. The van der Waals surface area contributed by atoms with Crippen LogP contribution in [0.25, 0.3) is 0 Å². The van der Waals surface area contributed by atoms with E-state index in [2.05, 4.69) is 0 Å². The molecule has 1 fully saturated rings. The first-order chi connectivity index (χ1) is 9.22. The van der Waals surface area contributed by atoms with E-state index >= 15 is 0 Å². The molecule has 5 atom stereocenters. The van der Waals surface area contributed by atoms with Gasteiger partial charge in [-0.1, -0.05) is 22.6 Å². The van der Waals surface area contributed by atoms with Gasteiger partial charge in [0, 0.05) is 31.1 Å². The Balaban J connectivity index is 3.00. The van der Waals surface area contributed by atoms with Gasteiger partial charge >= 0.3 is 17.9 Å². The van der Waals surface area contributed by atoms with Gasteiger partial charge in [-0.05, 0) is 0 Å². The van der Waals surface area contributed by atoms with Gasteiger partial charge < -0.3 is 19.3 Å². The first-order valence-corrected chi connectivity index (χ1v) is 7.30. The molecule has 20 heavy (non-hydrogen) atoms. The monoisotopic (exact) mass is 400 g/mol. The minimum absolute atomic E-state index is 0.298. The lowest BCUT2D eigenvalue weighted by atomic mass is 9.89. The smallest absolute Gasteiger partial charge is 0.303 e. The van der Waals surface area contributed by atoms with Crippen molar-refractivity contribution < 1.29 is 33.7 Å². The van der Waals surface area contributed by atoms with Crippen molar-refractivity contribution in [2.24, 2.45) is 0 Å². The van der Waals surface area contributed by atoms with Crippen molar-refractivity contribution in [1.82, 2.24) is 0 Å². The number of halogens is 1. The molecule has 0 aliphatic heterocycles. The van der Waals surface area contributed by atoms with Gasteiger partial charge in [-0.15, -0.1) is 0 Å². The molecule has 1 N–H and O–H groups in total. The molecule has 1 saturated carbocycles. The predicted octanol–water partition coefficient (Wildman–Crippen LogP) is 0.350. The summed E-state index contributed by atoms with van der Waals surface area (Å²) in [6, 6.07) is 0. The minimum Gasteiger partial charge on any atom is -0.458 e. The molecule has 1 rings (SSSR count). The lowest BCUT2D eigenvalue weighted by molar-refractivity contribution is -0.201. The van der Waals surface area contributed by atoms with Crippen molar-refractivity contribution in [2.45, 2.75) is 55.5 Å². The fourth-order valence-corrected chi connectivity index (χ4v) is 3.01. The molecule has 0 aromatic carbocycles. The molecule has 0 unspecified atom stereocenters. The fourth-order valence-electron chi connectivity index (χ4n) is 2.10. The summed E-state index contributed by atoms with van der Waals surface area (Å²) in [6.45, 7) is 3.62. The number of hydrogen-bond acceptors (Lipinski definition) is 7. The summed E-state index contributed by atoms with van der Waals surface area (Å²) in [7, 11) is 0. The van der Waals surface area contributed by atoms with E-state index in [1.54, 1.807) is 0 Å². The summed E-state index contributed by atoms with van der Waals surface area (Å²) >= 11 is 1.98. The van der Waals surface area contributed by atoms with Crippen LogP contribution >= 0.6 is 22.6 Å². The summed E-state index contributed by atoms with van der Waals surface area (Å²) < 4.78 is 14.9. The summed E-state index contributed by atoms with van der Waals surface area (Å²) in [6.07, 6.45) is -3.53. The lowest BCUT2D eigenvalue weighted by Gasteiger charge is -2.41. The van der Waals surface area contributed by atoms with Crippen molar-refractivity contribution >= 4 is 40.5 Å². The van der Waals surface area contributed by atoms with E-state index in [-0.39, 0.29) is 3.92 Å². The second kappa shape index (κ2) is 7.21. The largest absolute Gasteiger partial charge is 0.458 e. The van der Waals surface area contributed by atoms with Gasteiger partial charge in [0.05, 0.1) is 0 Å². The number of carbonyl (C=O) groups excluding carboxylic acids is 3. The molecule has 1 aliphatic rings. The normalized spacial score (nSPS) is 33.1. The molecule has 0 aromatic heterocycles. The molecule has 114 valence electrons. The number of aliphatic hydroxyl groups excluding tert-OH is 1. The van der Waals surface area contributed by atoms with Gasteiger partial charge in [0.25, 0.3) is 0 Å². The number of rotatable bonds is 3. The number of alkyl halides is 1. The second-order valence-electron chi connectivity index (χ2n) is 4.54. The Bertz CT molecular complexity index is 397. The van der Waals surface area contributed by atoms with Crippen LogP contribution in [-0.4, -0.2) is 51.4 Å². The van der Waals surface area contributed by atoms with Crippen molar-refractivity contribution in [2.75, 3.05) is 0 Å². The zero-order valence-corrected chi connectivity index (χ0v) is 13.5. The van der Waals surface area contributed by atoms with Crippen LogP contribution in [-0.2, 0) is 28.6 Å². The van der Waals surface area contributed by atoms with Crippen LogP contribution in [0.15, 0.2) is 0 Å². The van der Waals surface area contributed by atoms with E-state index in [4.69, 9.17) is 14.2 Å². The maximum Gasteiger partial charge on any atom is 0.303 e. The summed E-state index contributed by atoms with van der Waals surface area (Å²) in [5, 5.41) is 10.1. The standard InChI is InChI=1S/C12H17IO7/c1-5(14)18-9-4-8(13)10(17)12(20-7(3)16)11(9)19-6(2)15/h8-12,17H,4H2,1-3H3/t8-,9-,10+,11-,12+/m1/s1. The molecule has 0 radical (unpaired) electrons. The van der Waals surface area contributed by atoms with Crippen molar-refractivity contribution in [1.29, 1.82) is 0 Å². The van der Waals surface area contributed by atoms with Crippen molar-refractivity contribution in [3.63, 3.8) is 0 Å². The number of esters is 3. The molecule has 7 nitrogen and oxygen atoms in total. The number of ether oxygens (including phenoxy) is 3. The van der Waals surface area contributed by atoms with Crippen molar-refractivity contribution in [3.05, 3.63) is 0 Å². The van der Waals surface area contributed by atoms with E-state index in [1.807, 2.05) is 22.6 Å². The SMILES string of the molecule is CC(=O)O[C@H]1[C@@H](O)[C@H](I)C[C@@H](OC(C)=O)[C@H]1OC(C)=O. The highest BCUT2D eigenvalue weighted by Crippen LogP contribution is 2.32. The quantitative estimate of drug-likeness (QED) is 0.316. The highest BCUT2D eigenvalue weighted by molar-refractivity contribution is 14.1.